The Morgan fingerprint density at radius 2 is 2.04 bits per heavy atom. The molecule has 1 aliphatic rings. The summed E-state index contributed by atoms with van der Waals surface area (Å²) in [5.74, 6) is -0.995. The lowest BCUT2D eigenvalue weighted by Gasteiger charge is -2.25. The van der Waals surface area contributed by atoms with E-state index in [2.05, 4.69) is 10.6 Å². The number of nitriles is 1. The van der Waals surface area contributed by atoms with E-state index in [-0.39, 0.29) is 0 Å². The van der Waals surface area contributed by atoms with Crippen molar-refractivity contribution in [3.05, 3.63) is 52.9 Å². The molecular formula is C18H16N4O3S. The summed E-state index contributed by atoms with van der Waals surface area (Å²) < 4.78 is 0. The molecule has 4 amide bonds. The van der Waals surface area contributed by atoms with Gasteiger partial charge in [0.25, 0.3) is 5.91 Å². The molecule has 1 aliphatic heterocycles. The molecule has 2 heterocycles. The molecular weight excluding hydrogens is 352 g/mol. The minimum Gasteiger partial charge on any atom is -0.319 e. The van der Waals surface area contributed by atoms with Crippen LogP contribution in [0.15, 0.2) is 41.8 Å². The van der Waals surface area contributed by atoms with Gasteiger partial charge in [0.15, 0.2) is 0 Å². The first-order chi connectivity index (χ1) is 12.5. The van der Waals surface area contributed by atoms with Crippen molar-refractivity contribution in [2.45, 2.75) is 18.9 Å². The second-order valence-corrected chi connectivity index (χ2v) is 6.69. The van der Waals surface area contributed by atoms with Crippen LogP contribution < -0.4 is 10.6 Å². The predicted molar refractivity (Wildman–Crippen MR) is 96.3 cm³/mol. The Hall–Kier alpha value is -3.18. The van der Waals surface area contributed by atoms with E-state index in [1.807, 2.05) is 12.1 Å². The van der Waals surface area contributed by atoms with Crippen LogP contribution in [0, 0.1) is 11.3 Å². The number of carbonyl (C=O) groups is 3. The second kappa shape index (κ2) is 6.98. The van der Waals surface area contributed by atoms with Crippen molar-refractivity contribution < 1.29 is 14.4 Å². The van der Waals surface area contributed by atoms with Gasteiger partial charge in [0.1, 0.15) is 23.2 Å². The molecule has 132 valence electrons. The standard InChI is InChI=1S/C18H16N4O3S/c1-2-18(13-6-4-3-5-7-13)16(24)22(17(25)21-18)11-14(23)20-15-12(10-19)8-9-26-15/h3-9H,2,11H2,1H3,(H,20,23)(H,21,25)/t18-/m1/s1. The number of rotatable bonds is 5. The number of anilines is 1. The van der Waals surface area contributed by atoms with E-state index in [1.165, 1.54) is 11.3 Å². The highest BCUT2D eigenvalue weighted by molar-refractivity contribution is 7.14. The number of hydrogen-bond donors (Lipinski definition) is 2. The number of imide groups is 1. The van der Waals surface area contributed by atoms with E-state index < -0.39 is 29.9 Å². The van der Waals surface area contributed by atoms with Crippen LogP contribution in [0.25, 0.3) is 0 Å². The quantitative estimate of drug-likeness (QED) is 0.791. The molecule has 3 rings (SSSR count). The van der Waals surface area contributed by atoms with Gasteiger partial charge < -0.3 is 10.6 Å². The third-order valence-corrected chi connectivity index (χ3v) is 5.14. The zero-order valence-electron chi connectivity index (χ0n) is 14.0. The molecule has 2 N–H and O–H groups in total. The summed E-state index contributed by atoms with van der Waals surface area (Å²) in [4.78, 5) is 38.5. The topological polar surface area (TPSA) is 102 Å². The number of carbonyl (C=O) groups excluding carboxylic acids is 3. The summed E-state index contributed by atoms with van der Waals surface area (Å²) in [7, 11) is 0. The van der Waals surface area contributed by atoms with E-state index >= 15 is 0 Å². The SMILES string of the molecule is CC[C@]1(c2ccccc2)NC(=O)N(CC(=O)Nc2sccc2C#N)C1=O. The molecule has 1 fully saturated rings. The zero-order valence-corrected chi connectivity index (χ0v) is 14.8. The number of nitrogens with one attached hydrogen (secondary N) is 2. The van der Waals surface area contributed by atoms with Crippen LogP contribution in [-0.4, -0.2) is 29.3 Å². The molecule has 1 aromatic heterocycles. The van der Waals surface area contributed by atoms with Gasteiger partial charge in [-0.1, -0.05) is 37.3 Å². The summed E-state index contributed by atoms with van der Waals surface area (Å²) in [5.41, 5.74) is -0.152. The molecule has 2 aromatic rings. The van der Waals surface area contributed by atoms with Gasteiger partial charge in [-0.05, 0) is 23.4 Å². The normalized spacial score (nSPS) is 19.2. The molecule has 1 atom stereocenters. The van der Waals surface area contributed by atoms with Crippen LogP contribution in [0.4, 0.5) is 9.80 Å². The highest BCUT2D eigenvalue weighted by Gasteiger charge is 2.51. The lowest BCUT2D eigenvalue weighted by Crippen LogP contribution is -2.44. The average molecular weight is 368 g/mol. The first kappa shape index (κ1) is 17.6. The van der Waals surface area contributed by atoms with Crippen molar-refractivity contribution in [2.75, 3.05) is 11.9 Å². The van der Waals surface area contributed by atoms with Crippen molar-refractivity contribution in [3.8, 4) is 6.07 Å². The molecule has 0 aliphatic carbocycles. The molecule has 7 nitrogen and oxygen atoms in total. The molecule has 0 unspecified atom stereocenters. The van der Waals surface area contributed by atoms with E-state index in [0.29, 0.717) is 22.5 Å². The Balaban J connectivity index is 1.79. The predicted octanol–water partition coefficient (Wildman–Crippen LogP) is 2.42. The van der Waals surface area contributed by atoms with Crippen molar-refractivity contribution in [1.82, 2.24) is 10.2 Å². The van der Waals surface area contributed by atoms with Crippen molar-refractivity contribution in [2.24, 2.45) is 0 Å². The van der Waals surface area contributed by atoms with Crippen LogP contribution in [0.3, 0.4) is 0 Å². The molecule has 1 aromatic carbocycles. The van der Waals surface area contributed by atoms with E-state index in [4.69, 9.17) is 5.26 Å². The number of benzene rings is 1. The molecule has 0 bridgehead atoms. The fourth-order valence-corrected chi connectivity index (χ4v) is 3.69. The molecule has 1 saturated heterocycles. The Bertz CT molecular complexity index is 903. The molecule has 26 heavy (non-hydrogen) atoms. The molecule has 0 saturated carbocycles. The lowest BCUT2D eigenvalue weighted by molar-refractivity contribution is -0.134. The Kier molecular flexibility index (Phi) is 4.73. The fraction of sp³-hybridized carbons (Fsp3) is 0.222. The van der Waals surface area contributed by atoms with E-state index in [1.54, 1.807) is 42.6 Å². The van der Waals surface area contributed by atoms with E-state index in [9.17, 15) is 14.4 Å². The number of urea groups is 1. The summed E-state index contributed by atoms with van der Waals surface area (Å²) >= 11 is 1.20. The van der Waals surface area contributed by atoms with Crippen LogP contribution in [0.1, 0.15) is 24.5 Å². The Morgan fingerprint density at radius 1 is 1.31 bits per heavy atom. The van der Waals surface area contributed by atoms with E-state index in [0.717, 1.165) is 4.90 Å². The second-order valence-electron chi connectivity index (χ2n) is 5.77. The first-order valence-corrected chi connectivity index (χ1v) is 8.87. The minimum atomic E-state index is -1.17. The van der Waals surface area contributed by atoms with Crippen LogP contribution in [-0.2, 0) is 15.1 Å². The maximum Gasteiger partial charge on any atom is 0.325 e. The Labute approximate surface area is 154 Å². The van der Waals surface area contributed by atoms with Gasteiger partial charge in [-0.25, -0.2) is 4.79 Å². The minimum absolute atomic E-state index is 0.341. The van der Waals surface area contributed by atoms with Gasteiger partial charge in [0.2, 0.25) is 5.91 Å². The lowest BCUT2D eigenvalue weighted by atomic mass is 9.87. The van der Waals surface area contributed by atoms with Crippen LogP contribution >= 0.6 is 11.3 Å². The van der Waals surface area contributed by atoms with Crippen molar-refractivity contribution in [3.63, 3.8) is 0 Å². The molecule has 0 radical (unpaired) electrons. The van der Waals surface area contributed by atoms with Crippen molar-refractivity contribution in [1.29, 1.82) is 5.26 Å². The van der Waals surface area contributed by atoms with Gasteiger partial charge in [-0.15, -0.1) is 11.3 Å². The summed E-state index contributed by atoms with van der Waals surface area (Å²) in [6.07, 6.45) is 0.364. The van der Waals surface area contributed by atoms with Crippen molar-refractivity contribution >= 4 is 34.2 Å². The zero-order chi connectivity index (χ0) is 18.7. The molecule has 8 heteroatoms. The maximum atomic E-state index is 12.9. The summed E-state index contributed by atoms with van der Waals surface area (Å²) in [6.45, 7) is 1.39. The highest BCUT2D eigenvalue weighted by Crippen LogP contribution is 2.32. The Morgan fingerprint density at radius 3 is 2.69 bits per heavy atom. The third kappa shape index (κ3) is 2.93. The fourth-order valence-electron chi connectivity index (χ4n) is 2.94. The maximum absolute atomic E-state index is 12.9. The van der Waals surface area contributed by atoms with Crippen LogP contribution in [0.5, 0.6) is 0 Å². The summed E-state index contributed by atoms with van der Waals surface area (Å²) in [6, 6.07) is 11.9. The number of nitrogens with zero attached hydrogens (tertiary/aromatic N) is 2. The van der Waals surface area contributed by atoms with Gasteiger partial charge in [-0.3, -0.25) is 14.5 Å². The molecule has 0 spiro atoms. The van der Waals surface area contributed by atoms with Crippen LogP contribution in [0.2, 0.25) is 0 Å². The van der Waals surface area contributed by atoms with Gasteiger partial charge >= 0.3 is 6.03 Å². The monoisotopic (exact) mass is 368 g/mol. The van der Waals surface area contributed by atoms with Gasteiger partial charge in [-0.2, -0.15) is 5.26 Å². The number of thiophene rings is 1. The smallest absolute Gasteiger partial charge is 0.319 e. The third-order valence-electron chi connectivity index (χ3n) is 4.31. The summed E-state index contributed by atoms with van der Waals surface area (Å²) in [5, 5.41) is 16.4. The average Bonchev–Trinajstić information content (AvgIpc) is 3.20. The first-order valence-electron chi connectivity index (χ1n) is 7.99. The number of amides is 4. The van der Waals surface area contributed by atoms with Gasteiger partial charge in [0, 0.05) is 0 Å². The van der Waals surface area contributed by atoms with Gasteiger partial charge in [0.05, 0.1) is 5.56 Å². The largest absolute Gasteiger partial charge is 0.325 e. The number of hydrogen-bond acceptors (Lipinski definition) is 5. The highest BCUT2D eigenvalue weighted by atomic mass is 32.1.